The number of ether oxygens (including phenoxy) is 1. The van der Waals surface area contributed by atoms with Gasteiger partial charge in [-0.1, -0.05) is 91.0 Å². The third-order valence-corrected chi connectivity index (χ3v) is 7.43. The average molecular weight is 546 g/mol. The molecule has 4 aromatic rings. The summed E-state index contributed by atoms with van der Waals surface area (Å²) < 4.78 is 7.86. The molecular weight excluding hydrogens is 510 g/mol. The molecule has 0 spiro atoms. The number of aromatic nitrogens is 1. The van der Waals surface area contributed by atoms with Crippen LogP contribution in [0.1, 0.15) is 40.5 Å². The van der Waals surface area contributed by atoms with Gasteiger partial charge in [0.2, 0.25) is 5.43 Å². The van der Waals surface area contributed by atoms with Crippen molar-refractivity contribution in [1.29, 1.82) is 0 Å². The molecule has 0 radical (unpaired) electrons. The lowest BCUT2D eigenvalue weighted by Crippen LogP contribution is -2.56. The fourth-order valence-corrected chi connectivity index (χ4v) is 5.32. The minimum atomic E-state index is -0.322. The van der Waals surface area contributed by atoms with Crippen molar-refractivity contribution in [3.8, 4) is 16.9 Å². The molecule has 0 N–H and O–H groups in total. The van der Waals surface area contributed by atoms with Crippen molar-refractivity contribution < 1.29 is 9.53 Å². The molecule has 1 unspecified atom stereocenters. The van der Waals surface area contributed by atoms with Crippen molar-refractivity contribution in [1.82, 2.24) is 9.58 Å². The van der Waals surface area contributed by atoms with E-state index in [0.717, 1.165) is 28.7 Å². The Hall–Kier alpha value is -4.84. The van der Waals surface area contributed by atoms with Crippen molar-refractivity contribution in [2.24, 2.45) is 0 Å². The molecule has 2 heterocycles. The number of hydrogen-bond acceptors (Lipinski definition) is 4. The Morgan fingerprint density at radius 1 is 0.854 bits per heavy atom. The highest BCUT2D eigenvalue weighted by Crippen LogP contribution is 2.30. The van der Waals surface area contributed by atoms with Crippen molar-refractivity contribution >= 4 is 5.91 Å². The second-order valence-corrected chi connectivity index (χ2v) is 10.2. The summed E-state index contributed by atoms with van der Waals surface area (Å²) >= 11 is 0. The van der Waals surface area contributed by atoms with E-state index >= 15 is 0 Å². The Morgan fingerprint density at radius 2 is 1.51 bits per heavy atom. The van der Waals surface area contributed by atoms with Crippen LogP contribution in [0, 0.1) is 0 Å². The first-order valence-electron chi connectivity index (χ1n) is 13.9. The van der Waals surface area contributed by atoms with E-state index < -0.39 is 0 Å². The number of allylic oxidation sites excluding steroid dienone is 1. The van der Waals surface area contributed by atoms with Crippen LogP contribution in [0.4, 0.5) is 0 Å². The highest BCUT2D eigenvalue weighted by atomic mass is 16.5. The Labute approximate surface area is 241 Å². The van der Waals surface area contributed by atoms with Gasteiger partial charge < -0.3 is 9.64 Å². The fraction of sp³-hybridized carbons (Fsp3) is 0.200. The molecule has 0 aliphatic carbocycles. The molecule has 0 bridgehead atoms. The Kier molecular flexibility index (Phi) is 8.49. The Morgan fingerprint density at radius 3 is 2.22 bits per heavy atom. The first-order valence-corrected chi connectivity index (χ1v) is 13.9. The van der Waals surface area contributed by atoms with Crippen LogP contribution < -0.4 is 15.2 Å². The summed E-state index contributed by atoms with van der Waals surface area (Å²) in [6.07, 6.45) is 6.80. The number of nitrogens with zero attached hydrogens (tertiary/aromatic N) is 3. The Bertz CT molecular complexity index is 1610. The van der Waals surface area contributed by atoms with E-state index in [0.29, 0.717) is 19.6 Å². The van der Waals surface area contributed by atoms with Crippen molar-refractivity contribution in [3.05, 3.63) is 149 Å². The normalized spacial score (nSPS) is 13.4. The molecule has 0 fully saturated rings. The average Bonchev–Trinajstić information content (AvgIpc) is 2.99. The van der Waals surface area contributed by atoms with E-state index in [1.807, 2.05) is 73.7 Å². The zero-order valence-electron chi connectivity index (χ0n) is 23.4. The molecular formula is C35H35N3O3. The second kappa shape index (κ2) is 12.6. The lowest BCUT2D eigenvalue weighted by atomic mass is 9.94. The summed E-state index contributed by atoms with van der Waals surface area (Å²) in [6, 6.07) is 27.7. The highest BCUT2D eigenvalue weighted by molar-refractivity contribution is 5.96. The minimum absolute atomic E-state index is 0.0615. The van der Waals surface area contributed by atoms with Gasteiger partial charge in [0.25, 0.3) is 5.91 Å². The van der Waals surface area contributed by atoms with Gasteiger partial charge in [-0.15, -0.1) is 13.2 Å². The van der Waals surface area contributed by atoms with Gasteiger partial charge in [0.1, 0.15) is 13.3 Å². The minimum Gasteiger partial charge on any atom is -0.482 e. The lowest BCUT2D eigenvalue weighted by molar-refractivity contribution is 0.0611. The topological polar surface area (TPSA) is 54.8 Å². The maximum atomic E-state index is 13.9. The van der Waals surface area contributed by atoms with E-state index in [1.54, 1.807) is 15.8 Å². The third-order valence-electron chi connectivity index (χ3n) is 7.43. The van der Waals surface area contributed by atoms with Gasteiger partial charge in [0.15, 0.2) is 11.4 Å². The zero-order chi connectivity index (χ0) is 28.8. The summed E-state index contributed by atoms with van der Waals surface area (Å²) in [5.74, 6) is -0.174. The molecule has 1 amide bonds. The molecule has 41 heavy (non-hydrogen) atoms. The number of rotatable bonds is 11. The summed E-state index contributed by atoms with van der Waals surface area (Å²) in [5, 5.41) is 2.08. The van der Waals surface area contributed by atoms with Gasteiger partial charge in [0, 0.05) is 18.3 Å². The zero-order valence-corrected chi connectivity index (χ0v) is 23.4. The van der Waals surface area contributed by atoms with Gasteiger partial charge in [-0.3, -0.25) is 19.3 Å². The molecule has 6 nitrogen and oxygen atoms in total. The summed E-state index contributed by atoms with van der Waals surface area (Å²) in [7, 11) is 0. The number of amides is 1. The standard InChI is InChI=1S/C35H35N3O3/c1-4-13-26(3)37-25-36(23-29-18-10-12-20-31(29)30-19-11-9-17-28(30)14-5-2)38-22-21-32(39)34(33(38)35(37)40)41-24-27-15-7-6-8-16-27/h4-12,15-22,26H,1-2,13-14,23-25H2,3H3. The van der Waals surface area contributed by atoms with Crippen LogP contribution in [0.5, 0.6) is 5.75 Å². The predicted octanol–water partition coefficient (Wildman–Crippen LogP) is 6.34. The maximum Gasteiger partial charge on any atom is 0.278 e. The van der Waals surface area contributed by atoms with Crippen molar-refractivity contribution in [3.63, 3.8) is 0 Å². The molecule has 0 saturated heterocycles. The summed E-state index contributed by atoms with van der Waals surface area (Å²) in [4.78, 5) is 28.8. The first-order chi connectivity index (χ1) is 20.0. The van der Waals surface area contributed by atoms with E-state index in [2.05, 4.69) is 42.4 Å². The smallest absolute Gasteiger partial charge is 0.278 e. The largest absolute Gasteiger partial charge is 0.482 e. The van der Waals surface area contributed by atoms with E-state index in [4.69, 9.17) is 4.74 Å². The summed E-state index contributed by atoms with van der Waals surface area (Å²) in [5.41, 5.74) is 5.41. The van der Waals surface area contributed by atoms with Crippen LogP contribution in [-0.2, 0) is 19.6 Å². The number of hydrogen-bond donors (Lipinski definition) is 0. The maximum absolute atomic E-state index is 13.9. The number of fused-ring (bicyclic) bond motifs is 1. The van der Waals surface area contributed by atoms with Gasteiger partial charge in [-0.2, -0.15) is 0 Å². The quantitative estimate of drug-likeness (QED) is 0.207. The molecule has 5 rings (SSSR count). The molecule has 1 aliphatic rings. The van der Waals surface area contributed by atoms with Gasteiger partial charge >= 0.3 is 0 Å². The second-order valence-electron chi connectivity index (χ2n) is 10.2. The van der Waals surface area contributed by atoms with Gasteiger partial charge in [0.05, 0.1) is 6.54 Å². The number of carbonyl (C=O) groups is 1. The van der Waals surface area contributed by atoms with Gasteiger partial charge in [-0.25, -0.2) is 0 Å². The molecule has 1 aliphatic heterocycles. The number of benzene rings is 3. The highest BCUT2D eigenvalue weighted by Gasteiger charge is 2.35. The fourth-order valence-electron chi connectivity index (χ4n) is 5.32. The van der Waals surface area contributed by atoms with Crippen molar-refractivity contribution in [2.75, 3.05) is 11.7 Å². The van der Waals surface area contributed by atoms with Crippen LogP contribution >= 0.6 is 0 Å². The predicted molar refractivity (Wildman–Crippen MR) is 164 cm³/mol. The van der Waals surface area contributed by atoms with Crippen LogP contribution in [0.2, 0.25) is 0 Å². The summed E-state index contributed by atoms with van der Waals surface area (Å²) in [6.45, 7) is 10.9. The Balaban J connectivity index is 1.58. The monoisotopic (exact) mass is 545 g/mol. The first kappa shape index (κ1) is 27.7. The van der Waals surface area contributed by atoms with Crippen LogP contribution in [-0.4, -0.2) is 28.2 Å². The van der Waals surface area contributed by atoms with Crippen LogP contribution in [0.3, 0.4) is 0 Å². The van der Waals surface area contributed by atoms with Crippen LogP contribution in [0.25, 0.3) is 11.1 Å². The van der Waals surface area contributed by atoms with E-state index in [9.17, 15) is 9.59 Å². The molecule has 1 atom stereocenters. The number of carbonyl (C=O) groups excluding carboxylic acids is 1. The van der Waals surface area contributed by atoms with Crippen molar-refractivity contribution in [2.45, 2.75) is 39.0 Å². The SMILES string of the molecule is C=CCc1ccccc1-c1ccccc1CN1CN(C(C)CC=C)C(=O)c2c(OCc3ccccc3)c(=O)ccn21. The van der Waals surface area contributed by atoms with Gasteiger partial charge in [-0.05, 0) is 47.6 Å². The lowest BCUT2D eigenvalue weighted by Gasteiger charge is -2.42. The molecule has 0 saturated carbocycles. The number of pyridine rings is 1. The van der Waals surface area contributed by atoms with Crippen LogP contribution in [0.15, 0.2) is 121 Å². The van der Waals surface area contributed by atoms with E-state index in [-0.39, 0.29) is 35.4 Å². The molecule has 1 aromatic heterocycles. The molecule has 6 heteroatoms. The third kappa shape index (κ3) is 5.87. The molecule has 3 aromatic carbocycles. The molecule has 208 valence electrons. The van der Waals surface area contributed by atoms with E-state index in [1.165, 1.54) is 11.6 Å².